The number of hydrogen-bond donors (Lipinski definition) is 1. The Morgan fingerprint density at radius 2 is 1.78 bits per heavy atom. The first-order valence-electron chi connectivity index (χ1n) is 7.14. The Labute approximate surface area is 134 Å². The SMILES string of the molecule is CCOC(=O)N(C)[C@@](C)(CC(=O)O)C(=O)OCc1ccccc1. The van der Waals surface area contributed by atoms with Crippen LogP contribution in [0.1, 0.15) is 25.8 Å². The lowest BCUT2D eigenvalue weighted by Gasteiger charge is -2.34. The van der Waals surface area contributed by atoms with Crippen LogP contribution in [0.25, 0.3) is 0 Å². The number of carbonyl (C=O) groups excluding carboxylic acids is 2. The maximum atomic E-state index is 12.4. The number of rotatable bonds is 7. The molecule has 7 heteroatoms. The van der Waals surface area contributed by atoms with Crippen molar-refractivity contribution in [2.45, 2.75) is 32.4 Å². The van der Waals surface area contributed by atoms with Gasteiger partial charge in [-0.3, -0.25) is 9.69 Å². The molecule has 0 spiro atoms. The van der Waals surface area contributed by atoms with Crippen molar-refractivity contribution in [2.24, 2.45) is 0 Å². The molecule has 0 aliphatic carbocycles. The third kappa shape index (κ3) is 4.98. The van der Waals surface area contributed by atoms with Crippen molar-refractivity contribution in [3.63, 3.8) is 0 Å². The fourth-order valence-electron chi connectivity index (χ4n) is 1.92. The van der Waals surface area contributed by atoms with Crippen LogP contribution in [0.3, 0.4) is 0 Å². The molecule has 0 aliphatic rings. The van der Waals surface area contributed by atoms with Crippen molar-refractivity contribution in [1.82, 2.24) is 4.90 Å². The number of amides is 1. The number of carboxylic acids is 1. The van der Waals surface area contributed by atoms with Gasteiger partial charge in [-0.05, 0) is 19.4 Å². The Kier molecular flexibility index (Phi) is 6.56. The van der Waals surface area contributed by atoms with E-state index in [1.807, 2.05) is 6.07 Å². The van der Waals surface area contributed by atoms with Gasteiger partial charge in [-0.15, -0.1) is 0 Å². The van der Waals surface area contributed by atoms with Crippen LogP contribution < -0.4 is 0 Å². The van der Waals surface area contributed by atoms with Crippen LogP contribution in [-0.4, -0.2) is 47.2 Å². The lowest BCUT2D eigenvalue weighted by atomic mass is 9.96. The van der Waals surface area contributed by atoms with Gasteiger partial charge in [0.05, 0.1) is 13.0 Å². The fourth-order valence-corrected chi connectivity index (χ4v) is 1.92. The molecule has 126 valence electrons. The molecule has 1 aromatic rings. The minimum atomic E-state index is -1.66. The highest BCUT2D eigenvalue weighted by Crippen LogP contribution is 2.22. The smallest absolute Gasteiger partial charge is 0.410 e. The first-order chi connectivity index (χ1) is 10.8. The summed E-state index contributed by atoms with van der Waals surface area (Å²) in [7, 11) is 1.31. The number of hydrogen-bond acceptors (Lipinski definition) is 5. The van der Waals surface area contributed by atoms with Gasteiger partial charge in [-0.2, -0.15) is 0 Å². The number of aliphatic carboxylic acids is 1. The third-order valence-electron chi connectivity index (χ3n) is 3.43. The lowest BCUT2D eigenvalue weighted by molar-refractivity contribution is -0.161. The van der Waals surface area contributed by atoms with Gasteiger partial charge in [0.25, 0.3) is 0 Å². The highest BCUT2D eigenvalue weighted by molar-refractivity contribution is 5.89. The second kappa shape index (κ2) is 8.17. The Balaban J connectivity index is 2.88. The third-order valence-corrected chi connectivity index (χ3v) is 3.43. The number of ether oxygens (including phenoxy) is 2. The van der Waals surface area contributed by atoms with Crippen LogP contribution in [0.15, 0.2) is 30.3 Å². The molecule has 1 amide bonds. The van der Waals surface area contributed by atoms with E-state index >= 15 is 0 Å². The monoisotopic (exact) mass is 323 g/mol. The van der Waals surface area contributed by atoms with Gasteiger partial charge in [0.15, 0.2) is 5.54 Å². The van der Waals surface area contributed by atoms with E-state index in [9.17, 15) is 14.4 Å². The number of carbonyl (C=O) groups is 3. The summed E-state index contributed by atoms with van der Waals surface area (Å²) < 4.78 is 10.0. The highest BCUT2D eigenvalue weighted by Gasteiger charge is 2.44. The molecule has 0 radical (unpaired) electrons. The summed E-state index contributed by atoms with van der Waals surface area (Å²) in [4.78, 5) is 36.3. The van der Waals surface area contributed by atoms with Crippen LogP contribution in [-0.2, 0) is 25.7 Å². The zero-order valence-electron chi connectivity index (χ0n) is 13.4. The van der Waals surface area contributed by atoms with E-state index in [0.29, 0.717) is 0 Å². The van der Waals surface area contributed by atoms with Crippen LogP contribution in [0, 0.1) is 0 Å². The van der Waals surface area contributed by atoms with Crippen molar-refractivity contribution >= 4 is 18.0 Å². The quantitative estimate of drug-likeness (QED) is 0.772. The number of likely N-dealkylation sites (N-methyl/N-ethyl adjacent to an activating group) is 1. The molecule has 1 N–H and O–H groups in total. The number of esters is 1. The number of nitrogens with zero attached hydrogens (tertiary/aromatic N) is 1. The summed E-state index contributed by atoms with van der Waals surface area (Å²) in [5.74, 6) is -2.03. The fraction of sp³-hybridized carbons (Fsp3) is 0.438. The molecule has 0 aromatic heterocycles. The molecular formula is C16H21NO6. The molecule has 0 bridgehead atoms. The molecule has 1 rings (SSSR count). The second-order valence-electron chi connectivity index (χ2n) is 5.16. The minimum absolute atomic E-state index is 0.00839. The molecular weight excluding hydrogens is 302 g/mol. The van der Waals surface area contributed by atoms with Crippen molar-refractivity contribution in [2.75, 3.05) is 13.7 Å². The van der Waals surface area contributed by atoms with Gasteiger partial charge in [0.2, 0.25) is 0 Å². The average molecular weight is 323 g/mol. The zero-order valence-corrected chi connectivity index (χ0v) is 13.4. The zero-order chi connectivity index (χ0) is 17.5. The number of benzene rings is 1. The molecule has 1 atom stereocenters. The van der Waals surface area contributed by atoms with E-state index in [-0.39, 0.29) is 13.2 Å². The Morgan fingerprint density at radius 1 is 1.17 bits per heavy atom. The summed E-state index contributed by atoms with van der Waals surface area (Å²) in [6, 6.07) is 8.97. The van der Waals surface area contributed by atoms with E-state index in [1.165, 1.54) is 14.0 Å². The van der Waals surface area contributed by atoms with Gasteiger partial charge in [0.1, 0.15) is 6.61 Å². The van der Waals surface area contributed by atoms with Crippen LogP contribution >= 0.6 is 0 Å². The van der Waals surface area contributed by atoms with Crippen LogP contribution in [0.5, 0.6) is 0 Å². The van der Waals surface area contributed by atoms with Crippen LogP contribution in [0.2, 0.25) is 0 Å². The summed E-state index contributed by atoms with van der Waals surface area (Å²) in [6.45, 7) is 3.07. The number of carboxylic acid groups (broad SMARTS) is 1. The summed E-state index contributed by atoms with van der Waals surface area (Å²) in [5, 5.41) is 9.06. The summed E-state index contributed by atoms with van der Waals surface area (Å²) >= 11 is 0. The molecule has 0 fully saturated rings. The molecule has 0 unspecified atom stereocenters. The molecule has 0 heterocycles. The molecule has 1 aromatic carbocycles. The second-order valence-corrected chi connectivity index (χ2v) is 5.16. The molecule has 0 saturated heterocycles. The Hall–Kier alpha value is -2.57. The summed E-state index contributed by atoms with van der Waals surface area (Å²) in [6.07, 6.45) is -1.37. The largest absolute Gasteiger partial charge is 0.481 e. The van der Waals surface area contributed by atoms with Crippen molar-refractivity contribution in [3.8, 4) is 0 Å². The van der Waals surface area contributed by atoms with Crippen molar-refractivity contribution < 1.29 is 29.0 Å². The van der Waals surface area contributed by atoms with E-state index < -0.39 is 30.0 Å². The van der Waals surface area contributed by atoms with E-state index in [1.54, 1.807) is 31.2 Å². The van der Waals surface area contributed by atoms with E-state index in [4.69, 9.17) is 14.6 Å². The standard InChI is InChI=1S/C16H21NO6/c1-4-22-15(21)17(3)16(2,10-13(18)19)14(20)23-11-12-8-6-5-7-9-12/h5-9H,4,10-11H2,1-3H3,(H,18,19)/t16-/m0/s1. The Morgan fingerprint density at radius 3 is 2.30 bits per heavy atom. The topological polar surface area (TPSA) is 93.1 Å². The maximum Gasteiger partial charge on any atom is 0.410 e. The Bertz CT molecular complexity index is 559. The van der Waals surface area contributed by atoms with Gasteiger partial charge in [0, 0.05) is 7.05 Å². The van der Waals surface area contributed by atoms with Crippen molar-refractivity contribution in [3.05, 3.63) is 35.9 Å². The molecule has 0 aliphatic heterocycles. The lowest BCUT2D eigenvalue weighted by Crippen LogP contribution is -2.55. The predicted octanol–water partition coefficient (Wildman–Crippen LogP) is 2.05. The minimum Gasteiger partial charge on any atom is -0.481 e. The average Bonchev–Trinajstić information content (AvgIpc) is 2.52. The van der Waals surface area contributed by atoms with E-state index in [2.05, 4.69) is 0 Å². The van der Waals surface area contributed by atoms with E-state index in [0.717, 1.165) is 10.5 Å². The van der Waals surface area contributed by atoms with Gasteiger partial charge in [-0.25, -0.2) is 9.59 Å². The molecule has 0 saturated carbocycles. The maximum absolute atomic E-state index is 12.4. The highest BCUT2D eigenvalue weighted by atomic mass is 16.6. The first-order valence-corrected chi connectivity index (χ1v) is 7.14. The van der Waals surface area contributed by atoms with Gasteiger partial charge in [-0.1, -0.05) is 30.3 Å². The van der Waals surface area contributed by atoms with Gasteiger partial charge < -0.3 is 14.6 Å². The van der Waals surface area contributed by atoms with Gasteiger partial charge >= 0.3 is 18.0 Å². The van der Waals surface area contributed by atoms with Crippen molar-refractivity contribution in [1.29, 1.82) is 0 Å². The molecule has 23 heavy (non-hydrogen) atoms. The first kappa shape index (κ1) is 18.5. The normalized spacial score (nSPS) is 12.8. The summed E-state index contributed by atoms with van der Waals surface area (Å²) in [5.41, 5.74) is -0.898. The van der Waals surface area contributed by atoms with Crippen LogP contribution in [0.4, 0.5) is 4.79 Å². The predicted molar refractivity (Wildman–Crippen MR) is 81.7 cm³/mol. The molecule has 7 nitrogen and oxygen atoms in total.